The summed E-state index contributed by atoms with van der Waals surface area (Å²) >= 11 is 1.30. The lowest BCUT2D eigenvalue weighted by molar-refractivity contribution is 0.243. The van der Waals surface area contributed by atoms with Gasteiger partial charge in [0.2, 0.25) is 5.95 Å². The molecule has 0 spiro atoms. The number of nitrogens with one attached hydrogen (secondary N) is 3. The van der Waals surface area contributed by atoms with Gasteiger partial charge in [-0.2, -0.15) is 0 Å². The molecule has 0 saturated heterocycles. The molecule has 0 fully saturated rings. The number of nitrogens with zero attached hydrogens (tertiary/aromatic N) is 3. The normalized spacial score (nSPS) is 13.0. The van der Waals surface area contributed by atoms with Gasteiger partial charge in [0.15, 0.2) is 16.6 Å². The number of halogens is 3. The lowest BCUT2D eigenvalue weighted by Crippen LogP contribution is -2.33. The summed E-state index contributed by atoms with van der Waals surface area (Å²) in [4.78, 5) is 12.9. The highest BCUT2D eigenvalue weighted by Gasteiger charge is 2.28. The van der Waals surface area contributed by atoms with Crippen LogP contribution in [0.1, 0.15) is 32.7 Å². The van der Waals surface area contributed by atoms with Crippen molar-refractivity contribution >= 4 is 33.0 Å². The van der Waals surface area contributed by atoms with Crippen molar-refractivity contribution in [3.05, 3.63) is 83.1 Å². The monoisotopic (exact) mass is 662 g/mol. The molecule has 240 valence electrons. The Morgan fingerprint density at radius 2 is 1.78 bits per heavy atom. The number of aliphatic hydroxyl groups is 1. The zero-order valence-electron chi connectivity index (χ0n) is 25.2. The van der Waals surface area contributed by atoms with Gasteiger partial charge >= 0.3 is 0 Å². The zero-order valence-corrected chi connectivity index (χ0v) is 26.8. The number of methoxy groups -OCH3 is 1. The zero-order chi connectivity index (χ0) is 32.9. The summed E-state index contributed by atoms with van der Waals surface area (Å²) in [7, 11) is -3.34. The van der Waals surface area contributed by atoms with Gasteiger partial charge in [-0.15, -0.1) is 11.3 Å². The van der Waals surface area contributed by atoms with E-state index >= 15 is 4.39 Å². The number of hydrogen-bond donors (Lipinski definition) is 4. The molecule has 2 heterocycles. The van der Waals surface area contributed by atoms with Gasteiger partial charge in [-0.25, -0.2) is 36.5 Å². The molecule has 0 aliphatic carbocycles. The van der Waals surface area contributed by atoms with E-state index in [4.69, 9.17) is 14.8 Å². The Bertz CT molecular complexity index is 1790. The summed E-state index contributed by atoms with van der Waals surface area (Å²) in [5.74, 6) is -2.90. The van der Waals surface area contributed by atoms with Crippen LogP contribution in [0, 0.1) is 17.5 Å². The fraction of sp³-hybridized carbons (Fsp3) is 0.300. The van der Waals surface area contributed by atoms with Crippen LogP contribution in [0.3, 0.4) is 0 Å². The van der Waals surface area contributed by atoms with Gasteiger partial charge < -0.3 is 20.5 Å². The summed E-state index contributed by atoms with van der Waals surface area (Å²) in [5, 5.41) is 16.0. The maximum absolute atomic E-state index is 16.1. The molecule has 0 unspecified atom stereocenters. The molecule has 0 saturated carbocycles. The van der Waals surface area contributed by atoms with Crippen LogP contribution >= 0.6 is 11.3 Å². The van der Waals surface area contributed by atoms with E-state index in [0.29, 0.717) is 28.0 Å². The molecule has 10 nitrogen and oxygen atoms in total. The van der Waals surface area contributed by atoms with E-state index in [2.05, 4.69) is 20.6 Å². The Balaban J connectivity index is 1.70. The van der Waals surface area contributed by atoms with E-state index in [-0.39, 0.29) is 29.9 Å². The minimum Gasteiger partial charge on any atom is -0.483 e. The van der Waals surface area contributed by atoms with Crippen LogP contribution in [0.25, 0.3) is 21.8 Å². The quantitative estimate of drug-likeness (QED) is 0.142. The average Bonchev–Trinajstić information content (AvgIpc) is 3.43. The van der Waals surface area contributed by atoms with Crippen molar-refractivity contribution in [1.29, 1.82) is 0 Å². The molecule has 0 aliphatic rings. The molecular formula is C30H33F3N6O4S2. The standard InChI is InChI=1S/C30H33F3N6O4S2/c1-17(36-23(43-5)13-15-40)16-35-29-34-14-12-22(37-29)26-25(38-28(44-26)30(2,3)4)18-8-6-11-21(24(18)33)39-45(41,42)27-19(31)9-7-10-20(27)32/h6-14,17,36,39-40H,15-16H2,1-5H3,(H,34,35,37)/b23-13-/t17-/m0/s1. The highest BCUT2D eigenvalue weighted by atomic mass is 32.2. The van der Waals surface area contributed by atoms with E-state index in [1.54, 1.807) is 12.3 Å². The molecule has 1 atom stereocenters. The molecule has 4 N–H and O–H groups in total. The van der Waals surface area contributed by atoms with E-state index in [9.17, 15) is 17.2 Å². The number of aliphatic hydroxyl groups excluding tert-OH is 1. The van der Waals surface area contributed by atoms with Crippen molar-refractivity contribution in [3.63, 3.8) is 0 Å². The molecule has 0 bridgehead atoms. The lowest BCUT2D eigenvalue weighted by Gasteiger charge is -2.17. The first-order valence-corrected chi connectivity index (χ1v) is 16.0. The van der Waals surface area contributed by atoms with Gasteiger partial charge in [-0.05, 0) is 37.3 Å². The van der Waals surface area contributed by atoms with Gasteiger partial charge in [0, 0.05) is 35.8 Å². The van der Waals surface area contributed by atoms with Crippen LogP contribution in [0.4, 0.5) is 24.8 Å². The third-order valence-electron chi connectivity index (χ3n) is 6.29. The van der Waals surface area contributed by atoms with Crippen molar-refractivity contribution in [2.24, 2.45) is 0 Å². The number of sulfonamides is 1. The van der Waals surface area contributed by atoms with Gasteiger partial charge in [-0.1, -0.05) is 32.9 Å². The SMILES string of the molecule is CO/C(=C\CO)N[C@@H](C)CNc1nccc(-c2sc(C(C)(C)C)nc2-c2cccc(NS(=O)(=O)c3c(F)cccc3F)c2F)n1. The smallest absolute Gasteiger partial charge is 0.267 e. The van der Waals surface area contributed by atoms with Crippen molar-refractivity contribution in [1.82, 2.24) is 20.3 Å². The van der Waals surface area contributed by atoms with Crippen LogP contribution < -0.4 is 15.4 Å². The number of thiazole rings is 1. The Kier molecular flexibility index (Phi) is 10.4. The second-order valence-corrected chi connectivity index (χ2v) is 13.5. The van der Waals surface area contributed by atoms with Crippen LogP contribution in [-0.2, 0) is 20.2 Å². The van der Waals surface area contributed by atoms with Crippen LogP contribution in [0.15, 0.2) is 65.5 Å². The molecule has 2 aromatic heterocycles. The maximum atomic E-state index is 16.1. The highest BCUT2D eigenvalue weighted by Crippen LogP contribution is 2.42. The van der Waals surface area contributed by atoms with Crippen molar-refractivity contribution in [3.8, 4) is 21.8 Å². The van der Waals surface area contributed by atoms with Crippen molar-refractivity contribution < 1.29 is 31.4 Å². The third kappa shape index (κ3) is 7.90. The molecule has 15 heteroatoms. The number of ether oxygens (including phenoxy) is 1. The van der Waals surface area contributed by atoms with Crippen molar-refractivity contribution in [2.45, 2.75) is 44.0 Å². The second-order valence-electron chi connectivity index (χ2n) is 10.9. The maximum Gasteiger partial charge on any atom is 0.267 e. The van der Waals surface area contributed by atoms with Crippen LogP contribution in [0.5, 0.6) is 0 Å². The minimum atomic E-state index is -4.82. The molecule has 4 rings (SSSR count). The van der Waals surface area contributed by atoms with Gasteiger partial charge in [0.1, 0.15) is 11.6 Å². The van der Waals surface area contributed by atoms with E-state index < -0.39 is 43.5 Å². The number of aromatic nitrogens is 3. The topological polar surface area (TPSA) is 138 Å². The van der Waals surface area contributed by atoms with E-state index in [1.165, 1.54) is 36.7 Å². The van der Waals surface area contributed by atoms with Crippen LogP contribution in [0.2, 0.25) is 0 Å². The van der Waals surface area contributed by atoms with Crippen molar-refractivity contribution in [2.75, 3.05) is 30.3 Å². The van der Waals surface area contributed by atoms with Gasteiger partial charge in [0.05, 0.1) is 40.7 Å². The second kappa shape index (κ2) is 13.8. The van der Waals surface area contributed by atoms with Gasteiger partial charge in [0.25, 0.3) is 10.0 Å². The molecule has 45 heavy (non-hydrogen) atoms. The molecular weight excluding hydrogens is 629 g/mol. The molecule has 4 aromatic rings. The molecule has 0 amide bonds. The molecule has 2 aromatic carbocycles. The third-order valence-corrected chi connectivity index (χ3v) is 9.21. The lowest BCUT2D eigenvalue weighted by atomic mass is 9.98. The fourth-order valence-corrected chi connectivity index (χ4v) is 6.42. The van der Waals surface area contributed by atoms with E-state index in [0.717, 1.165) is 24.3 Å². The predicted molar refractivity (Wildman–Crippen MR) is 168 cm³/mol. The summed E-state index contributed by atoms with van der Waals surface area (Å²) in [6, 6.07) is 8.13. The number of benzene rings is 2. The minimum absolute atomic E-state index is 0.0420. The molecule has 0 aliphatic heterocycles. The Labute approximate surface area is 263 Å². The summed E-state index contributed by atoms with van der Waals surface area (Å²) in [6.45, 7) is 7.94. The summed E-state index contributed by atoms with van der Waals surface area (Å²) < 4.78 is 77.6. The number of hydrogen-bond acceptors (Lipinski definition) is 10. The first-order valence-electron chi connectivity index (χ1n) is 13.7. The predicted octanol–water partition coefficient (Wildman–Crippen LogP) is 5.65. The highest BCUT2D eigenvalue weighted by molar-refractivity contribution is 7.92. The average molecular weight is 663 g/mol. The fourth-order valence-electron chi connectivity index (χ4n) is 4.12. The Morgan fingerprint density at radius 3 is 2.42 bits per heavy atom. The first-order chi connectivity index (χ1) is 21.2. The Morgan fingerprint density at radius 1 is 1.09 bits per heavy atom. The number of rotatable bonds is 12. The summed E-state index contributed by atoms with van der Waals surface area (Å²) in [6.07, 6.45) is 3.03. The van der Waals surface area contributed by atoms with E-state index in [1.807, 2.05) is 32.4 Å². The van der Waals surface area contributed by atoms with Crippen LogP contribution in [-0.4, -0.2) is 54.8 Å². The van der Waals surface area contributed by atoms with Gasteiger partial charge in [-0.3, -0.25) is 4.72 Å². The first kappa shape index (κ1) is 33.7. The Hall–Kier alpha value is -4.21. The molecule has 0 radical (unpaired) electrons. The number of anilines is 2. The summed E-state index contributed by atoms with van der Waals surface area (Å²) in [5.41, 5.74) is -0.332. The largest absolute Gasteiger partial charge is 0.483 e.